The lowest BCUT2D eigenvalue weighted by atomic mass is 10.0. The minimum Gasteiger partial charge on any atom is -0.320 e. The molecule has 0 spiro atoms. The summed E-state index contributed by atoms with van der Waals surface area (Å²) in [6.07, 6.45) is 0.476. The normalized spacial score (nSPS) is 16.8. The zero-order chi connectivity index (χ0) is 16.6. The van der Waals surface area contributed by atoms with Crippen LogP contribution in [0.15, 0.2) is 42.5 Å². The third-order valence-electron chi connectivity index (χ3n) is 3.90. The lowest BCUT2D eigenvalue weighted by Crippen LogP contribution is -2.34. The highest BCUT2D eigenvalue weighted by atomic mass is 35.5. The number of para-hydroxylation sites is 1. The Morgan fingerprint density at radius 1 is 1.25 bits per heavy atom. The lowest BCUT2D eigenvalue weighted by Gasteiger charge is -2.17. The first-order valence-electron chi connectivity index (χ1n) is 7.09. The SMILES string of the molecule is Cl.N[C@H]1CCN(c2ccc(-c3ccccc3[N+](=O)[O-])cc2F)C1=O. The Hall–Kier alpha value is -2.51. The first kappa shape index (κ1) is 17.8. The first-order valence-corrected chi connectivity index (χ1v) is 7.09. The number of anilines is 1. The molecule has 6 nitrogen and oxygen atoms in total. The van der Waals surface area contributed by atoms with Crippen LogP contribution in [0.1, 0.15) is 6.42 Å². The van der Waals surface area contributed by atoms with Gasteiger partial charge in [-0.15, -0.1) is 12.4 Å². The van der Waals surface area contributed by atoms with Crippen LogP contribution in [0.25, 0.3) is 11.1 Å². The van der Waals surface area contributed by atoms with Gasteiger partial charge in [-0.05, 0) is 30.2 Å². The molecule has 2 N–H and O–H groups in total. The van der Waals surface area contributed by atoms with Crippen LogP contribution in [0, 0.1) is 15.9 Å². The summed E-state index contributed by atoms with van der Waals surface area (Å²) >= 11 is 0. The zero-order valence-corrected chi connectivity index (χ0v) is 13.3. The summed E-state index contributed by atoms with van der Waals surface area (Å²) in [6, 6.07) is 9.75. The second kappa shape index (κ2) is 6.94. The number of nitrogens with zero attached hydrogens (tertiary/aromatic N) is 2. The molecule has 1 atom stereocenters. The smallest absolute Gasteiger partial charge is 0.277 e. The van der Waals surface area contributed by atoms with Gasteiger partial charge in [0.15, 0.2) is 0 Å². The van der Waals surface area contributed by atoms with Gasteiger partial charge in [-0.1, -0.05) is 18.2 Å². The maximum Gasteiger partial charge on any atom is 0.277 e. The Morgan fingerprint density at radius 2 is 1.96 bits per heavy atom. The summed E-state index contributed by atoms with van der Waals surface area (Å²) in [7, 11) is 0. The molecule has 0 saturated carbocycles. The topological polar surface area (TPSA) is 89.5 Å². The molecule has 1 aliphatic rings. The highest BCUT2D eigenvalue weighted by molar-refractivity contribution is 5.99. The fraction of sp³-hybridized carbons (Fsp3) is 0.188. The molecule has 0 unspecified atom stereocenters. The average Bonchev–Trinajstić information content (AvgIpc) is 2.87. The molecule has 126 valence electrons. The largest absolute Gasteiger partial charge is 0.320 e. The molecular formula is C16H15ClFN3O3. The molecule has 0 radical (unpaired) electrons. The summed E-state index contributed by atoms with van der Waals surface area (Å²) in [5, 5.41) is 11.1. The number of amides is 1. The Labute approximate surface area is 143 Å². The molecule has 1 amide bonds. The van der Waals surface area contributed by atoms with Crippen molar-refractivity contribution in [2.75, 3.05) is 11.4 Å². The number of carbonyl (C=O) groups is 1. The molecule has 2 aromatic rings. The fourth-order valence-electron chi connectivity index (χ4n) is 2.71. The van der Waals surface area contributed by atoms with E-state index >= 15 is 0 Å². The van der Waals surface area contributed by atoms with E-state index in [1.54, 1.807) is 24.3 Å². The third kappa shape index (κ3) is 3.08. The summed E-state index contributed by atoms with van der Waals surface area (Å²) in [5.74, 6) is -0.926. The number of nitro groups is 1. The maximum absolute atomic E-state index is 14.4. The van der Waals surface area contributed by atoms with Crippen molar-refractivity contribution in [2.45, 2.75) is 12.5 Å². The minimum atomic E-state index is -0.608. The van der Waals surface area contributed by atoms with Crippen LogP contribution >= 0.6 is 12.4 Å². The number of carbonyl (C=O) groups excluding carboxylic acids is 1. The van der Waals surface area contributed by atoms with E-state index in [1.807, 2.05) is 0 Å². The van der Waals surface area contributed by atoms with Crippen LogP contribution in [0.2, 0.25) is 0 Å². The van der Waals surface area contributed by atoms with Gasteiger partial charge in [0.25, 0.3) is 5.69 Å². The van der Waals surface area contributed by atoms with Gasteiger partial charge in [-0.25, -0.2) is 4.39 Å². The first-order chi connectivity index (χ1) is 11.0. The minimum absolute atomic E-state index is 0. The maximum atomic E-state index is 14.4. The predicted molar refractivity (Wildman–Crippen MR) is 90.7 cm³/mol. The molecule has 1 fully saturated rings. The fourth-order valence-corrected chi connectivity index (χ4v) is 2.71. The van der Waals surface area contributed by atoms with Gasteiger partial charge in [-0.2, -0.15) is 0 Å². The Bertz CT molecular complexity index is 800. The molecule has 3 rings (SSSR count). The van der Waals surface area contributed by atoms with Gasteiger partial charge in [0.1, 0.15) is 5.82 Å². The van der Waals surface area contributed by atoms with Crippen LogP contribution in [0.3, 0.4) is 0 Å². The van der Waals surface area contributed by atoms with Crippen molar-refractivity contribution in [1.82, 2.24) is 0 Å². The van der Waals surface area contributed by atoms with Gasteiger partial charge < -0.3 is 10.6 Å². The summed E-state index contributed by atoms with van der Waals surface area (Å²) in [6.45, 7) is 0.363. The van der Waals surface area contributed by atoms with E-state index in [0.717, 1.165) is 0 Å². The van der Waals surface area contributed by atoms with Crippen molar-refractivity contribution < 1.29 is 14.1 Å². The van der Waals surface area contributed by atoms with E-state index in [1.165, 1.54) is 23.1 Å². The number of nitrogens with two attached hydrogens (primary N) is 1. The van der Waals surface area contributed by atoms with E-state index in [2.05, 4.69) is 0 Å². The highest BCUT2D eigenvalue weighted by Gasteiger charge is 2.31. The number of rotatable bonds is 3. The van der Waals surface area contributed by atoms with Gasteiger partial charge in [0, 0.05) is 12.6 Å². The molecule has 2 aromatic carbocycles. The highest BCUT2D eigenvalue weighted by Crippen LogP contribution is 2.33. The van der Waals surface area contributed by atoms with Crippen molar-refractivity contribution in [3.63, 3.8) is 0 Å². The number of hydrogen-bond donors (Lipinski definition) is 1. The van der Waals surface area contributed by atoms with E-state index in [4.69, 9.17) is 5.73 Å². The molecule has 1 heterocycles. The number of hydrogen-bond acceptors (Lipinski definition) is 4. The van der Waals surface area contributed by atoms with Crippen LogP contribution in [-0.2, 0) is 4.79 Å². The standard InChI is InChI=1S/C16H14FN3O3.ClH/c17-12-9-10(11-3-1-2-4-14(11)20(22)23)5-6-15(12)19-8-7-13(18)16(19)21;/h1-6,9,13H,7-8,18H2;1H/t13-;/m0./s1. The van der Waals surface area contributed by atoms with E-state index in [9.17, 15) is 19.3 Å². The molecule has 0 aromatic heterocycles. The molecule has 1 aliphatic heterocycles. The van der Waals surface area contributed by atoms with Crippen molar-refractivity contribution in [1.29, 1.82) is 0 Å². The summed E-state index contributed by atoms with van der Waals surface area (Å²) < 4.78 is 14.4. The van der Waals surface area contributed by atoms with Crippen LogP contribution in [-0.4, -0.2) is 23.4 Å². The monoisotopic (exact) mass is 351 g/mol. The molecule has 0 bridgehead atoms. The number of nitro benzene ring substituents is 1. The molecular weight excluding hydrogens is 337 g/mol. The second-order valence-electron chi connectivity index (χ2n) is 5.33. The van der Waals surface area contributed by atoms with Crippen molar-refractivity contribution >= 4 is 29.7 Å². The van der Waals surface area contributed by atoms with Crippen LogP contribution < -0.4 is 10.6 Å². The summed E-state index contributed by atoms with van der Waals surface area (Å²) in [4.78, 5) is 23.8. The van der Waals surface area contributed by atoms with Gasteiger partial charge in [-0.3, -0.25) is 14.9 Å². The third-order valence-corrected chi connectivity index (χ3v) is 3.90. The van der Waals surface area contributed by atoms with Crippen LogP contribution in [0.4, 0.5) is 15.8 Å². The zero-order valence-electron chi connectivity index (χ0n) is 12.5. The number of halogens is 2. The van der Waals surface area contributed by atoms with Gasteiger partial charge in [0.2, 0.25) is 5.91 Å². The van der Waals surface area contributed by atoms with E-state index in [0.29, 0.717) is 24.1 Å². The Balaban J connectivity index is 0.00000208. The van der Waals surface area contributed by atoms with Crippen molar-refractivity contribution in [2.24, 2.45) is 5.73 Å². The molecule has 8 heteroatoms. The van der Waals surface area contributed by atoms with Crippen molar-refractivity contribution in [3.05, 3.63) is 58.4 Å². The average molecular weight is 352 g/mol. The van der Waals surface area contributed by atoms with Crippen LogP contribution in [0.5, 0.6) is 0 Å². The molecule has 24 heavy (non-hydrogen) atoms. The van der Waals surface area contributed by atoms with Crippen molar-refractivity contribution in [3.8, 4) is 11.1 Å². The predicted octanol–water partition coefficient (Wildman–Crippen LogP) is 2.89. The summed E-state index contributed by atoms with van der Waals surface area (Å²) in [5.41, 5.74) is 6.40. The quantitative estimate of drug-likeness (QED) is 0.680. The second-order valence-corrected chi connectivity index (χ2v) is 5.33. The Morgan fingerprint density at radius 3 is 2.54 bits per heavy atom. The molecule has 0 aliphatic carbocycles. The lowest BCUT2D eigenvalue weighted by molar-refractivity contribution is -0.384. The van der Waals surface area contributed by atoms with E-state index < -0.39 is 16.8 Å². The number of benzene rings is 2. The Kier molecular flexibility index (Phi) is 5.16. The van der Waals surface area contributed by atoms with Gasteiger partial charge in [0.05, 0.1) is 22.2 Å². The van der Waals surface area contributed by atoms with Gasteiger partial charge >= 0.3 is 0 Å². The molecule has 1 saturated heterocycles. The van der Waals surface area contributed by atoms with E-state index in [-0.39, 0.29) is 29.7 Å².